The molecule has 0 saturated heterocycles. The highest BCUT2D eigenvalue weighted by Gasteiger charge is 2.29. The number of rotatable bonds is 4. The van der Waals surface area contributed by atoms with Gasteiger partial charge in [0, 0.05) is 18.1 Å². The zero-order chi connectivity index (χ0) is 13.1. The van der Waals surface area contributed by atoms with E-state index in [1.165, 1.54) is 0 Å². The molecular formula is C12H22N2O3. The normalized spacial score (nSPS) is 16.2. The fraction of sp³-hybridized carbons (Fsp3) is 0.833. The maximum Gasteiger partial charge on any atom is 0.318 e. The molecule has 0 atom stereocenters. The summed E-state index contributed by atoms with van der Waals surface area (Å²) in [7, 11) is 0. The largest absolute Gasteiger partial charge is 0.481 e. The highest BCUT2D eigenvalue weighted by Crippen LogP contribution is 2.20. The van der Waals surface area contributed by atoms with Crippen LogP contribution in [0.15, 0.2) is 0 Å². The molecule has 0 radical (unpaired) electrons. The molecule has 2 amide bonds. The second-order valence-electron chi connectivity index (χ2n) is 5.54. The van der Waals surface area contributed by atoms with Gasteiger partial charge in [0.15, 0.2) is 0 Å². The van der Waals surface area contributed by atoms with Crippen molar-refractivity contribution in [2.75, 3.05) is 6.54 Å². The minimum Gasteiger partial charge on any atom is -0.481 e. The van der Waals surface area contributed by atoms with Crippen molar-refractivity contribution in [3.05, 3.63) is 0 Å². The van der Waals surface area contributed by atoms with Crippen LogP contribution in [-0.4, -0.2) is 40.1 Å². The van der Waals surface area contributed by atoms with Gasteiger partial charge in [-0.05, 0) is 40.0 Å². The lowest BCUT2D eigenvalue weighted by molar-refractivity contribution is -0.137. The molecule has 0 heterocycles. The predicted octanol–water partition coefficient (Wildman–Crippen LogP) is 1.82. The number of hydrogen-bond donors (Lipinski definition) is 2. The highest BCUT2D eigenvalue weighted by molar-refractivity contribution is 5.76. The Morgan fingerprint density at radius 2 is 1.94 bits per heavy atom. The molecule has 1 saturated carbocycles. The molecule has 17 heavy (non-hydrogen) atoms. The van der Waals surface area contributed by atoms with Crippen LogP contribution >= 0.6 is 0 Å². The Bertz CT molecular complexity index is 293. The number of aliphatic carboxylic acids is 1. The van der Waals surface area contributed by atoms with Gasteiger partial charge in [-0.3, -0.25) is 4.79 Å². The summed E-state index contributed by atoms with van der Waals surface area (Å²) in [5.74, 6) is -0.879. The van der Waals surface area contributed by atoms with Crippen LogP contribution in [0.4, 0.5) is 4.79 Å². The van der Waals surface area contributed by atoms with Crippen LogP contribution in [0.2, 0.25) is 0 Å². The predicted molar refractivity (Wildman–Crippen MR) is 64.9 cm³/mol. The second-order valence-corrected chi connectivity index (χ2v) is 5.54. The van der Waals surface area contributed by atoms with Gasteiger partial charge in [-0.2, -0.15) is 0 Å². The fourth-order valence-electron chi connectivity index (χ4n) is 1.75. The van der Waals surface area contributed by atoms with E-state index in [4.69, 9.17) is 5.11 Å². The van der Waals surface area contributed by atoms with Gasteiger partial charge >= 0.3 is 12.0 Å². The molecule has 1 rings (SSSR count). The summed E-state index contributed by atoms with van der Waals surface area (Å²) in [6.07, 6.45) is 3.20. The third kappa shape index (κ3) is 4.24. The molecule has 0 aromatic carbocycles. The smallest absolute Gasteiger partial charge is 0.318 e. The SMILES string of the molecule is CC(C)(C)N(CCC(=O)O)C(=O)NC1CCC1. The van der Waals surface area contributed by atoms with Crippen LogP contribution in [-0.2, 0) is 4.79 Å². The van der Waals surface area contributed by atoms with E-state index in [1.54, 1.807) is 4.90 Å². The molecule has 0 aliphatic heterocycles. The minimum absolute atomic E-state index is 0.0185. The van der Waals surface area contributed by atoms with Gasteiger partial charge in [-0.15, -0.1) is 0 Å². The molecule has 2 N–H and O–H groups in total. The zero-order valence-electron chi connectivity index (χ0n) is 10.8. The molecule has 0 unspecified atom stereocenters. The van der Waals surface area contributed by atoms with E-state index >= 15 is 0 Å². The van der Waals surface area contributed by atoms with Crippen LogP contribution in [0, 0.1) is 0 Å². The summed E-state index contributed by atoms with van der Waals surface area (Å²) >= 11 is 0. The molecule has 0 bridgehead atoms. The van der Waals surface area contributed by atoms with Crippen molar-refractivity contribution in [2.24, 2.45) is 0 Å². The Morgan fingerprint density at radius 1 is 1.35 bits per heavy atom. The van der Waals surface area contributed by atoms with Crippen molar-refractivity contribution in [1.82, 2.24) is 10.2 Å². The molecule has 1 aliphatic carbocycles. The van der Waals surface area contributed by atoms with Crippen LogP contribution in [0.5, 0.6) is 0 Å². The van der Waals surface area contributed by atoms with Gasteiger partial charge in [0.1, 0.15) is 0 Å². The zero-order valence-corrected chi connectivity index (χ0v) is 10.8. The Balaban J connectivity index is 2.54. The van der Waals surface area contributed by atoms with Crippen molar-refractivity contribution in [2.45, 2.75) is 58.0 Å². The number of amides is 2. The van der Waals surface area contributed by atoms with Crippen molar-refractivity contribution < 1.29 is 14.7 Å². The molecule has 98 valence electrons. The van der Waals surface area contributed by atoms with Gasteiger partial charge in [-0.1, -0.05) is 0 Å². The fourth-order valence-corrected chi connectivity index (χ4v) is 1.75. The lowest BCUT2D eigenvalue weighted by Gasteiger charge is -2.38. The van der Waals surface area contributed by atoms with Gasteiger partial charge in [-0.25, -0.2) is 4.79 Å². The summed E-state index contributed by atoms with van der Waals surface area (Å²) in [5, 5.41) is 11.6. The van der Waals surface area contributed by atoms with Crippen LogP contribution < -0.4 is 5.32 Å². The average molecular weight is 242 g/mol. The highest BCUT2D eigenvalue weighted by atomic mass is 16.4. The number of carboxylic acid groups (broad SMARTS) is 1. The van der Waals surface area contributed by atoms with Gasteiger partial charge in [0.05, 0.1) is 6.42 Å². The quantitative estimate of drug-likeness (QED) is 0.790. The first-order chi connectivity index (χ1) is 7.80. The second kappa shape index (κ2) is 5.38. The van der Waals surface area contributed by atoms with Crippen LogP contribution in [0.1, 0.15) is 46.5 Å². The van der Waals surface area contributed by atoms with Crippen molar-refractivity contribution in [1.29, 1.82) is 0 Å². The third-order valence-electron chi connectivity index (χ3n) is 3.04. The Morgan fingerprint density at radius 3 is 2.29 bits per heavy atom. The number of carbonyl (C=O) groups excluding carboxylic acids is 1. The molecule has 1 aliphatic rings. The maximum absolute atomic E-state index is 12.0. The van der Waals surface area contributed by atoms with Gasteiger partial charge in [0.25, 0.3) is 0 Å². The first-order valence-corrected chi connectivity index (χ1v) is 6.10. The van der Waals surface area contributed by atoms with Crippen molar-refractivity contribution in [3.63, 3.8) is 0 Å². The van der Waals surface area contributed by atoms with E-state index in [2.05, 4.69) is 5.32 Å². The molecule has 0 spiro atoms. The summed E-state index contributed by atoms with van der Waals surface area (Å²) in [4.78, 5) is 24.2. The molecule has 0 aromatic heterocycles. The number of carbonyl (C=O) groups is 2. The minimum atomic E-state index is -0.879. The number of nitrogens with one attached hydrogen (secondary N) is 1. The Kier molecular flexibility index (Phi) is 4.37. The lowest BCUT2D eigenvalue weighted by atomic mass is 9.93. The standard InChI is InChI=1S/C12H22N2O3/c1-12(2,3)14(8-7-10(15)16)11(17)13-9-5-4-6-9/h9H,4-8H2,1-3H3,(H,13,17)(H,15,16). The number of nitrogens with zero attached hydrogens (tertiary/aromatic N) is 1. The lowest BCUT2D eigenvalue weighted by Crippen LogP contribution is -2.54. The molecule has 5 heteroatoms. The van der Waals surface area contributed by atoms with E-state index in [-0.39, 0.29) is 30.6 Å². The number of urea groups is 1. The molecular weight excluding hydrogens is 220 g/mol. The van der Waals surface area contributed by atoms with Gasteiger partial charge < -0.3 is 15.3 Å². The molecule has 5 nitrogen and oxygen atoms in total. The van der Waals surface area contributed by atoms with E-state index in [0.29, 0.717) is 0 Å². The van der Waals surface area contributed by atoms with Gasteiger partial charge in [0.2, 0.25) is 0 Å². The third-order valence-corrected chi connectivity index (χ3v) is 3.04. The Labute approximate surface area is 102 Å². The van der Waals surface area contributed by atoms with Crippen LogP contribution in [0.3, 0.4) is 0 Å². The van der Waals surface area contributed by atoms with Crippen molar-refractivity contribution >= 4 is 12.0 Å². The van der Waals surface area contributed by atoms with E-state index in [9.17, 15) is 9.59 Å². The first-order valence-electron chi connectivity index (χ1n) is 6.10. The summed E-state index contributed by atoms with van der Waals surface area (Å²) in [6.45, 7) is 5.98. The van der Waals surface area contributed by atoms with E-state index in [0.717, 1.165) is 19.3 Å². The Hall–Kier alpha value is -1.26. The number of carboxylic acids is 1. The first kappa shape index (κ1) is 13.8. The maximum atomic E-state index is 12.0. The molecule has 0 aromatic rings. The summed E-state index contributed by atoms with van der Waals surface area (Å²) in [5.41, 5.74) is -0.358. The monoisotopic (exact) mass is 242 g/mol. The topological polar surface area (TPSA) is 69.6 Å². The van der Waals surface area contributed by atoms with Crippen LogP contribution in [0.25, 0.3) is 0 Å². The van der Waals surface area contributed by atoms with E-state index < -0.39 is 5.97 Å². The average Bonchev–Trinajstić information content (AvgIpc) is 2.08. The summed E-state index contributed by atoms with van der Waals surface area (Å²) in [6, 6.07) is 0.126. The number of hydrogen-bond acceptors (Lipinski definition) is 2. The van der Waals surface area contributed by atoms with Crippen molar-refractivity contribution in [3.8, 4) is 0 Å². The van der Waals surface area contributed by atoms with E-state index in [1.807, 2.05) is 20.8 Å². The summed E-state index contributed by atoms with van der Waals surface area (Å²) < 4.78 is 0. The molecule has 1 fully saturated rings.